The molecule has 0 N–H and O–H groups in total. The van der Waals surface area contributed by atoms with Crippen molar-refractivity contribution in [3.05, 3.63) is 28.8 Å². The molecule has 1 aromatic rings. The van der Waals surface area contributed by atoms with Crippen LogP contribution in [0.25, 0.3) is 0 Å². The average Bonchev–Trinajstić information content (AvgIpc) is 3.01. The molecular formula is C12H11ClF2O2. The van der Waals surface area contributed by atoms with Crippen molar-refractivity contribution in [1.29, 1.82) is 0 Å². The van der Waals surface area contributed by atoms with Gasteiger partial charge < -0.3 is 4.74 Å². The van der Waals surface area contributed by atoms with Crippen LogP contribution in [0.5, 0.6) is 5.75 Å². The summed E-state index contributed by atoms with van der Waals surface area (Å²) in [6.07, 6.45) is 1.57. The molecule has 0 atom stereocenters. The maximum absolute atomic E-state index is 12.0. The van der Waals surface area contributed by atoms with Crippen LogP contribution in [0.4, 0.5) is 8.78 Å². The van der Waals surface area contributed by atoms with Crippen LogP contribution in [0.15, 0.2) is 18.2 Å². The minimum absolute atomic E-state index is 0.0650. The summed E-state index contributed by atoms with van der Waals surface area (Å²) >= 11 is 5.84. The molecule has 1 aliphatic rings. The van der Waals surface area contributed by atoms with Gasteiger partial charge >= 0.3 is 6.61 Å². The fourth-order valence-electron chi connectivity index (χ4n) is 1.96. The number of hydrogen-bond donors (Lipinski definition) is 0. The Labute approximate surface area is 103 Å². The molecule has 17 heavy (non-hydrogen) atoms. The van der Waals surface area contributed by atoms with E-state index in [0.29, 0.717) is 0 Å². The van der Waals surface area contributed by atoms with E-state index >= 15 is 0 Å². The molecule has 92 valence electrons. The summed E-state index contributed by atoms with van der Waals surface area (Å²) in [5.74, 6) is 0.0147. The Kier molecular flexibility index (Phi) is 3.08. The fourth-order valence-corrected chi connectivity index (χ4v) is 2.18. The second kappa shape index (κ2) is 4.26. The lowest BCUT2D eigenvalue weighted by atomic mass is 9.92. The molecular weight excluding hydrogens is 250 g/mol. The third-order valence-electron chi connectivity index (χ3n) is 3.12. The first kappa shape index (κ1) is 12.3. The van der Waals surface area contributed by atoms with Gasteiger partial charge in [-0.25, -0.2) is 0 Å². The van der Waals surface area contributed by atoms with E-state index in [2.05, 4.69) is 4.74 Å². The van der Waals surface area contributed by atoms with E-state index in [1.54, 1.807) is 6.07 Å². The molecule has 0 bridgehead atoms. The van der Waals surface area contributed by atoms with E-state index in [1.165, 1.54) is 19.1 Å². The van der Waals surface area contributed by atoms with Crippen molar-refractivity contribution in [3.63, 3.8) is 0 Å². The Balaban J connectivity index is 2.28. The van der Waals surface area contributed by atoms with Gasteiger partial charge in [0, 0.05) is 0 Å². The molecule has 0 aromatic heterocycles. The molecule has 0 aliphatic heterocycles. The van der Waals surface area contributed by atoms with Crippen LogP contribution < -0.4 is 4.74 Å². The fraction of sp³-hybridized carbons (Fsp3) is 0.417. The van der Waals surface area contributed by atoms with Crippen molar-refractivity contribution in [2.24, 2.45) is 0 Å². The average molecular weight is 261 g/mol. The van der Waals surface area contributed by atoms with Gasteiger partial charge in [-0.05, 0) is 37.5 Å². The normalized spacial score (nSPS) is 17.0. The topological polar surface area (TPSA) is 26.3 Å². The zero-order valence-corrected chi connectivity index (χ0v) is 9.93. The van der Waals surface area contributed by atoms with Crippen molar-refractivity contribution in [2.45, 2.75) is 31.8 Å². The van der Waals surface area contributed by atoms with Crippen LogP contribution in [0, 0.1) is 0 Å². The highest BCUT2D eigenvalue weighted by atomic mass is 35.5. The first-order valence-corrected chi connectivity index (χ1v) is 5.59. The molecule has 2 rings (SSSR count). The van der Waals surface area contributed by atoms with E-state index < -0.39 is 12.0 Å². The highest BCUT2D eigenvalue weighted by molar-refractivity contribution is 6.32. The third kappa shape index (κ3) is 2.27. The van der Waals surface area contributed by atoms with Crippen LogP contribution in [0.2, 0.25) is 5.02 Å². The van der Waals surface area contributed by atoms with Gasteiger partial charge in [0.15, 0.2) is 0 Å². The molecule has 0 unspecified atom stereocenters. The standard InChI is InChI=1S/C12H11ClF2O2/c1-7(16)12(4-5-12)8-2-3-10(9(13)6-8)17-11(14)15/h2-3,6,11H,4-5H2,1H3. The molecule has 0 amide bonds. The van der Waals surface area contributed by atoms with Gasteiger partial charge in [0.2, 0.25) is 0 Å². The van der Waals surface area contributed by atoms with Gasteiger partial charge in [0.25, 0.3) is 0 Å². The molecule has 1 aliphatic carbocycles. The van der Waals surface area contributed by atoms with Gasteiger partial charge in [0.1, 0.15) is 11.5 Å². The largest absolute Gasteiger partial charge is 0.433 e. The lowest BCUT2D eigenvalue weighted by molar-refractivity contribution is -0.119. The molecule has 1 aromatic carbocycles. The minimum Gasteiger partial charge on any atom is -0.433 e. The third-order valence-corrected chi connectivity index (χ3v) is 3.42. The van der Waals surface area contributed by atoms with E-state index in [1.807, 2.05) is 0 Å². The zero-order chi connectivity index (χ0) is 12.6. The Morgan fingerprint density at radius 1 is 1.47 bits per heavy atom. The number of ether oxygens (including phenoxy) is 1. The first-order valence-electron chi connectivity index (χ1n) is 5.21. The number of carbonyl (C=O) groups excluding carboxylic acids is 1. The monoisotopic (exact) mass is 260 g/mol. The maximum atomic E-state index is 12.0. The molecule has 0 saturated heterocycles. The zero-order valence-electron chi connectivity index (χ0n) is 9.17. The van der Waals surface area contributed by atoms with Crippen LogP contribution in [0.3, 0.4) is 0 Å². The van der Waals surface area contributed by atoms with Crippen LogP contribution in [-0.4, -0.2) is 12.4 Å². The van der Waals surface area contributed by atoms with Gasteiger partial charge in [-0.1, -0.05) is 17.7 Å². The summed E-state index contributed by atoms with van der Waals surface area (Å²) in [5, 5.41) is 0.107. The maximum Gasteiger partial charge on any atom is 0.387 e. The lowest BCUT2D eigenvalue weighted by Crippen LogP contribution is -2.16. The summed E-state index contributed by atoms with van der Waals surface area (Å²) in [4.78, 5) is 11.5. The van der Waals surface area contributed by atoms with Crippen molar-refractivity contribution < 1.29 is 18.3 Å². The summed E-state index contributed by atoms with van der Waals surface area (Å²) in [7, 11) is 0. The number of benzene rings is 1. The van der Waals surface area contributed by atoms with Gasteiger partial charge in [-0.15, -0.1) is 0 Å². The molecule has 1 fully saturated rings. The Morgan fingerprint density at radius 3 is 2.53 bits per heavy atom. The van der Waals surface area contributed by atoms with E-state index in [0.717, 1.165) is 18.4 Å². The van der Waals surface area contributed by atoms with Gasteiger partial charge in [0.05, 0.1) is 10.4 Å². The SMILES string of the molecule is CC(=O)C1(c2ccc(OC(F)F)c(Cl)c2)CC1. The smallest absolute Gasteiger partial charge is 0.387 e. The van der Waals surface area contributed by atoms with E-state index in [4.69, 9.17) is 11.6 Å². The number of Topliss-reactive ketones (excluding diaryl/α,β-unsaturated/α-hetero) is 1. The van der Waals surface area contributed by atoms with Crippen molar-refractivity contribution in [1.82, 2.24) is 0 Å². The number of ketones is 1. The first-order chi connectivity index (χ1) is 7.95. The predicted octanol–water partition coefficient (Wildman–Crippen LogP) is 3.56. The summed E-state index contributed by atoms with van der Waals surface area (Å²) < 4.78 is 28.3. The van der Waals surface area contributed by atoms with Crippen molar-refractivity contribution in [2.75, 3.05) is 0 Å². The van der Waals surface area contributed by atoms with E-state index in [9.17, 15) is 13.6 Å². The number of rotatable bonds is 4. The Hall–Kier alpha value is -1.16. The van der Waals surface area contributed by atoms with Crippen LogP contribution in [0.1, 0.15) is 25.3 Å². The lowest BCUT2D eigenvalue weighted by Gasteiger charge is -2.14. The highest BCUT2D eigenvalue weighted by Gasteiger charge is 2.48. The van der Waals surface area contributed by atoms with Gasteiger partial charge in [-0.3, -0.25) is 4.79 Å². The molecule has 2 nitrogen and oxygen atoms in total. The molecule has 0 radical (unpaired) electrons. The molecule has 1 saturated carbocycles. The second-order valence-corrected chi connectivity index (χ2v) is 4.57. The van der Waals surface area contributed by atoms with Crippen molar-refractivity contribution >= 4 is 17.4 Å². The van der Waals surface area contributed by atoms with Crippen LogP contribution in [-0.2, 0) is 10.2 Å². The highest BCUT2D eigenvalue weighted by Crippen LogP contribution is 2.50. The minimum atomic E-state index is -2.90. The summed E-state index contributed by atoms with van der Waals surface area (Å²) in [6.45, 7) is -1.37. The van der Waals surface area contributed by atoms with Crippen LogP contribution >= 0.6 is 11.6 Å². The van der Waals surface area contributed by atoms with Gasteiger partial charge in [-0.2, -0.15) is 8.78 Å². The van der Waals surface area contributed by atoms with Crippen molar-refractivity contribution in [3.8, 4) is 5.75 Å². The molecule has 0 spiro atoms. The summed E-state index contributed by atoms with van der Waals surface area (Å²) in [5.41, 5.74) is 0.323. The second-order valence-electron chi connectivity index (χ2n) is 4.16. The van der Waals surface area contributed by atoms with E-state index in [-0.39, 0.29) is 16.6 Å². The molecule has 5 heteroatoms. The predicted molar refractivity (Wildman–Crippen MR) is 59.7 cm³/mol. The Morgan fingerprint density at radius 2 is 2.12 bits per heavy atom. The number of halogens is 3. The number of carbonyl (C=O) groups is 1. The Bertz CT molecular complexity index is 456. The number of hydrogen-bond acceptors (Lipinski definition) is 2. The quantitative estimate of drug-likeness (QED) is 0.827. The number of alkyl halides is 2. The summed E-state index contributed by atoms with van der Waals surface area (Å²) in [6, 6.07) is 4.54. The molecule has 0 heterocycles.